The summed E-state index contributed by atoms with van der Waals surface area (Å²) in [5, 5.41) is 53.6. The van der Waals surface area contributed by atoms with Crippen LogP contribution < -0.4 is 4.74 Å². The van der Waals surface area contributed by atoms with Crippen molar-refractivity contribution < 1.29 is 39.9 Å². The number of ether oxygens (including phenoxy) is 1. The van der Waals surface area contributed by atoms with Gasteiger partial charge in [0.25, 0.3) is 0 Å². The highest BCUT2D eigenvalue weighted by Crippen LogP contribution is 2.48. The highest BCUT2D eigenvalue weighted by Gasteiger charge is 2.31. The number of phenolic OH excluding ortho intramolecular Hbond substituents is 5. The molecule has 0 aromatic heterocycles. The third kappa shape index (κ3) is 4.42. The van der Waals surface area contributed by atoms with Crippen molar-refractivity contribution in [3.05, 3.63) is 33.4 Å². The van der Waals surface area contributed by atoms with Crippen LogP contribution in [0.2, 0.25) is 0 Å². The zero-order valence-electron chi connectivity index (χ0n) is 19.9. The van der Waals surface area contributed by atoms with Gasteiger partial charge in [-0.15, -0.1) is 0 Å². The largest absolute Gasteiger partial charge is 0.507 e. The maximum absolute atomic E-state index is 13.0. The van der Waals surface area contributed by atoms with E-state index in [1.165, 1.54) is 21.0 Å². The van der Waals surface area contributed by atoms with Gasteiger partial charge in [0.05, 0.1) is 7.11 Å². The molecule has 1 unspecified atom stereocenters. The van der Waals surface area contributed by atoms with Crippen molar-refractivity contribution >= 4 is 11.6 Å². The second kappa shape index (κ2) is 10.0. The van der Waals surface area contributed by atoms with Gasteiger partial charge in [0.1, 0.15) is 45.6 Å². The van der Waals surface area contributed by atoms with Crippen molar-refractivity contribution in [1.82, 2.24) is 0 Å². The summed E-state index contributed by atoms with van der Waals surface area (Å²) in [5.74, 6) is -3.86. The van der Waals surface area contributed by atoms with Crippen LogP contribution in [0.25, 0.3) is 0 Å². The average molecular weight is 461 g/mol. The predicted molar refractivity (Wildman–Crippen MR) is 123 cm³/mol. The Morgan fingerprint density at radius 2 is 1.33 bits per heavy atom. The molecule has 0 bridgehead atoms. The van der Waals surface area contributed by atoms with Gasteiger partial charge in [-0.2, -0.15) is 0 Å². The first kappa shape index (κ1) is 25.8. The quantitative estimate of drug-likeness (QED) is 0.340. The van der Waals surface area contributed by atoms with Gasteiger partial charge in [0.2, 0.25) is 0 Å². The van der Waals surface area contributed by atoms with E-state index in [0.29, 0.717) is 12.8 Å². The third-order valence-electron chi connectivity index (χ3n) is 6.11. The molecule has 0 aliphatic rings. The summed E-state index contributed by atoms with van der Waals surface area (Å²) in [6, 6.07) is 0. The molecule has 0 saturated heterocycles. The zero-order valence-corrected chi connectivity index (χ0v) is 19.9. The lowest BCUT2D eigenvalue weighted by Gasteiger charge is -2.21. The second-order valence-electron chi connectivity index (χ2n) is 8.26. The van der Waals surface area contributed by atoms with E-state index in [1.54, 1.807) is 13.8 Å². The molecule has 0 heterocycles. The number of rotatable bonds is 9. The van der Waals surface area contributed by atoms with Crippen molar-refractivity contribution in [2.45, 2.75) is 60.3 Å². The summed E-state index contributed by atoms with van der Waals surface area (Å²) in [7, 11) is 1.32. The highest BCUT2D eigenvalue weighted by molar-refractivity contribution is 6.04. The molecular formula is C25H32O8. The zero-order chi connectivity index (χ0) is 25.2. The smallest absolute Gasteiger partial charge is 0.173 e. The van der Waals surface area contributed by atoms with E-state index in [1.807, 2.05) is 6.92 Å². The Morgan fingerprint density at radius 3 is 1.82 bits per heavy atom. The Labute approximate surface area is 193 Å². The number of Topliss-reactive ketones (excluding diaryl/α,β-unsaturated/α-hetero) is 2. The molecule has 0 aliphatic heterocycles. The van der Waals surface area contributed by atoms with Gasteiger partial charge < -0.3 is 30.3 Å². The second-order valence-corrected chi connectivity index (χ2v) is 8.26. The molecule has 2 aromatic carbocycles. The van der Waals surface area contributed by atoms with Gasteiger partial charge in [0, 0.05) is 41.0 Å². The maximum Gasteiger partial charge on any atom is 0.173 e. The monoisotopic (exact) mass is 460 g/mol. The van der Waals surface area contributed by atoms with Gasteiger partial charge in [-0.25, -0.2) is 0 Å². The van der Waals surface area contributed by atoms with Crippen LogP contribution in [0, 0.1) is 19.8 Å². The Kier molecular flexibility index (Phi) is 7.84. The lowest BCUT2D eigenvalue weighted by Crippen LogP contribution is -2.14. The molecule has 2 aromatic rings. The predicted octanol–water partition coefficient (Wildman–Crippen LogP) is 4.64. The van der Waals surface area contributed by atoms with Crippen molar-refractivity contribution in [1.29, 1.82) is 0 Å². The number of carbonyl (C=O) groups is 2. The Morgan fingerprint density at radius 1 is 0.818 bits per heavy atom. The summed E-state index contributed by atoms with van der Waals surface area (Å²) in [6.45, 7) is 8.20. The number of benzene rings is 2. The third-order valence-corrected chi connectivity index (χ3v) is 6.11. The van der Waals surface area contributed by atoms with Gasteiger partial charge in [-0.1, -0.05) is 20.8 Å². The van der Waals surface area contributed by atoms with Crippen molar-refractivity contribution in [2.24, 2.45) is 5.92 Å². The molecule has 8 heteroatoms. The molecule has 5 N–H and O–H groups in total. The minimum atomic E-state index is -0.642. The fraction of sp³-hybridized carbons (Fsp3) is 0.440. The Hall–Kier alpha value is -3.42. The summed E-state index contributed by atoms with van der Waals surface area (Å²) in [5.41, 5.74) is -0.543. The van der Waals surface area contributed by atoms with E-state index in [9.17, 15) is 35.1 Å². The number of hydrogen-bond donors (Lipinski definition) is 5. The molecule has 0 spiro atoms. The summed E-state index contributed by atoms with van der Waals surface area (Å²) >= 11 is 0. The van der Waals surface area contributed by atoms with E-state index in [2.05, 4.69) is 0 Å². The van der Waals surface area contributed by atoms with E-state index < -0.39 is 41.1 Å². The van der Waals surface area contributed by atoms with Gasteiger partial charge in [-0.3, -0.25) is 9.59 Å². The molecule has 0 aliphatic carbocycles. The van der Waals surface area contributed by atoms with E-state index in [-0.39, 0.29) is 57.1 Å². The molecular weight excluding hydrogens is 428 g/mol. The number of carbonyl (C=O) groups excluding carboxylic acids is 2. The standard InChI is InChI=1S/C25H32O8/c1-7-9-16(26)17-22(30)12(4)20(28)14(23(17)31)10-15-21(29)13(5)25(33-6)18(24(15)32)19(27)11(3)8-2/h11,28-32H,7-10H2,1-6H3. The first-order valence-corrected chi connectivity index (χ1v) is 10.9. The summed E-state index contributed by atoms with van der Waals surface area (Å²) < 4.78 is 5.30. The Balaban J connectivity index is 2.82. The molecule has 0 radical (unpaired) electrons. The first-order chi connectivity index (χ1) is 15.4. The van der Waals surface area contributed by atoms with E-state index in [0.717, 1.165) is 0 Å². The molecule has 180 valence electrons. The molecule has 2 rings (SSSR count). The van der Waals surface area contributed by atoms with Gasteiger partial charge in [-0.05, 0) is 26.7 Å². The minimum absolute atomic E-state index is 0.0256. The number of phenols is 5. The van der Waals surface area contributed by atoms with E-state index in [4.69, 9.17) is 4.74 Å². The van der Waals surface area contributed by atoms with Crippen LogP contribution in [0.15, 0.2) is 0 Å². The molecule has 1 atom stereocenters. The molecule has 0 saturated carbocycles. The number of ketones is 2. The highest BCUT2D eigenvalue weighted by atomic mass is 16.5. The SMILES string of the molecule is CCCC(=O)c1c(O)c(C)c(O)c(Cc2c(O)c(C)c(OC)c(C(=O)C(C)CC)c2O)c1O. The van der Waals surface area contributed by atoms with E-state index >= 15 is 0 Å². The molecule has 0 amide bonds. The first-order valence-electron chi connectivity index (χ1n) is 10.9. The summed E-state index contributed by atoms with van der Waals surface area (Å²) in [4.78, 5) is 25.5. The molecule has 33 heavy (non-hydrogen) atoms. The van der Waals surface area contributed by atoms with Gasteiger partial charge >= 0.3 is 0 Å². The van der Waals surface area contributed by atoms with Crippen molar-refractivity contribution in [3.8, 4) is 34.5 Å². The maximum atomic E-state index is 13.0. The minimum Gasteiger partial charge on any atom is -0.507 e. The van der Waals surface area contributed by atoms with Crippen LogP contribution >= 0.6 is 0 Å². The van der Waals surface area contributed by atoms with Crippen molar-refractivity contribution in [2.75, 3.05) is 7.11 Å². The van der Waals surface area contributed by atoms with Crippen molar-refractivity contribution in [3.63, 3.8) is 0 Å². The Bertz CT molecular complexity index is 1100. The lowest BCUT2D eigenvalue weighted by molar-refractivity contribution is 0.0919. The summed E-state index contributed by atoms with van der Waals surface area (Å²) in [6.07, 6.45) is 0.649. The topological polar surface area (TPSA) is 145 Å². The number of methoxy groups -OCH3 is 1. The van der Waals surface area contributed by atoms with Crippen LogP contribution in [0.5, 0.6) is 34.5 Å². The fourth-order valence-corrected chi connectivity index (χ4v) is 3.84. The van der Waals surface area contributed by atoms with Crippen LogP contribution in [0.3, 0.4) is 0 Å². The number of aromatic hydroxyl groups is 5. The lowest BCUT2D eigenvalue weighted by atomic mass is 9.88. The van der Waals surface area contributed by atoms with Crippen LogP contribution in [-0.4, -0.2) is 44.2 Å². The van der Waals surface area contributed by atoms with Crippen LogP contribution in [0.1, 0.15) is 83.0 Å². The normalized spacial score (nSPS) is 11.9. The fourth-order valence-electron chi connectivity index (χ4n) is 3.84. The number of hydrogen-bond acceptors (Lipinski definition) is 8. The van der Waals surface area contributed by atoms with Crippen LogP contribution in [0.4, 0.5) is 0 Å². The average Bonchev–Trinajstić information content (AvgIpc) is 2.78. The van der Waals surface area contributed by atoms with Crippen LogP contribution in [-0.2, 0) is 6.42 Å². The van der Waals surface area contributed by atoms with Gasteiger partial charge in [0.15, 0.2) is 11.6 Å². The molecule has 8 nitrogen and oxygen atoms in total. The molecule has 0 fully saturated rings.